The Labute approximate surface area is 138 Å². The summed E-state index contributed by atoms with van der Waals surface area (Å²) in [4.78, 5) is 0. The second-order valence-electron chi connectivity index (χ2n) is 6.11. The predicted molar refractivity (Wildman–Crippen MR) is 83.8 cm³/mol. The zero-order valence-electron chi connectivity index (χ0n) is 13.3. The third-order valence-electron chi connectivity index (χ3n) is 4.53. The first-order valence-corrected chi connectivity index (χ1v) is 8.00. The molecule has 1 aliphatic heterocycles. The first-order valence-electron chi connectivity index (χ1n) is 8.00. The van der Waals surface area contributed by atoms with Crippen LogP contribution in [0.5, 0.6) is 5.88 Å². The monoisotopic (exact) mass is 339 g/mol. The number of ether oxygens (including phenoxy) is 1. The number of rotatable bonds is 4. The standard InChI is InChI=1S/C17H20F3N3O/c1-11(24-16-9-15(22-23-16)17(18,19)20)14-10-21-8-7-13(14)12-5-3-2-4-6-12/h2-6,9,11,13-14,21H,7-8,10H2,1H3,(H,22,23)/t11?,13-,14-/m1/s1. The van der Waals surface area contributed by atoms with Gasteiger partial charge in [0.25, 0.3) is 0 Å². The normalized spacial score (nSPS) is 23.0. The molecule has 2 aromatic rings. The molecule has 0 saturated carbocycles. The number of aromatic nitrogens is 2. The van der Waals surface area contributed by atoms with Crippen molar-refractivity contribution in [1.82, 2.24) is 15.5 Å². The van der Waals surface area contributed by atoms with Crippen LogP contribution in [0, 0.1) is 5.92 Å². The molecule has 2 heterocycles. The van der Waals surface area contributed by atoms with E-state index in [2.05, 4.69) is 22.5 Å². The van der Waals surface area contributed by atoms with Crippen molar-refractivity contribution in [2.24, 2.45) is 5.92 Å². The zero-order chi connectivity index (χ0) is 17.2. The van der Waals surface area contributed by atoms with E-state index in [1.165, 1.54) is 5.56 Å². The highest BCUT2D eigenvalue weighted by molar-refractivity contribution is 5.22. The Morgan fingerprint density at radius 1 is 1.25 bits per heavy atom. The van der Waals surface area contributed by atoms with Crippen LogP contribution in [0.4, 0.5) is 13.2 Å². The molecule has 0 aliphatic carbocycles. The number of nitrogens with one attached hydrogen (secondary N) is 2. The fourth-order valence-electron chi connectivity index (χ4n) is 3.28. The maximum Gasteiger partial charge on any atom is 0.432 e. The summed E-state index contributed by atoms with van der Waals surface area (Å²) in [5.74, 6) is 0.447. The minimum atomic E-state index is -4.45. The third-order valence-corrected chi connectivity index (χ3v) is 4.53. The Morgan fingerprint density at radius 2 is 2.00 bits per heavy atom. The van der Waals surface area contributed by atoms with Gasteiger partial charge >= 0.3 is 6.18 Å². The van der Waals surface area contributed by atoms with Gasteiger partial charge in [0, 0.05) is 18.5 Å². The molecule has 1 aromatic carbocycles. The van der Waals surface area contributed by atoms with E-state index in [0.717, 1.165) is 25.6 Å². The van der Waals surface area contributed by atoms with E-state index in [1.807, 2.05) is 30.2 Å². The molecule has 0 spiro atoms. The fourth-order valence-corrected chi connectivity index (χ4v) is 3.28. The summed E-state index contributed by atoms with van der Waals surface area (Å²) >= 11 is 0. The highest BCUT2D eigenvalue weighted by Crippen LogP contribution is 2.34. The van der Waals surface area contributed by atoms with Crippen molar-refractivity contribution in [2.75, 3.05) is 13.1 Å². The van der Waals surface area contributed by atoms with Gasteiger partial charge in [-0.15, -0.1) is 5.10 Å². The van der Waals surface area contributed by atoms with Gasteiger partial charge in [0.1, 0.15) is 11.8 Å². The smallest absolute Gasteiger partial charge is 0.432 e. The number of aromatic amines is 1. The average molecular weight is 339 g/mol. The molecular formula is C17H20F3N3O. The van der Waals surface area contributed by atoms with E-state index in [1.54, 1.807) is 0 Å². The summed E-state index contributed by atoms with van der Waals surface area (Å²) in [6.07, 6.45) is -3.74. The van der Waals surface area contributed by atoms with Crippen LogP contribution >= 0.6 is 0 Å². The van der Waals surface area contributed by atoms with Gasteiger partial charge in [-0.25, -0.2) is 0 Å². The topological polar surface area (TPSA) is 49.9 Å². The van der Waals surface area contributed by atoms with Crippen molar-refractivity contribution >= 4 is 0 Å². The molecule has 1 fully saturated rings. The molecule has 3 atom stereocenters. The van der Waals surface area contributed by atoms with Gasteiger partial charge in [0.2, 0.25) is 5.88 Å². The number of benzene rings is 1. The lowest BCUT2D eigenvalue weighted by atomic mass is 9.78. The largest absolute Gasteiger partial charge is 0.473 e. The number of nitrogens with zero attached hydrogens (tertiary/aromatic N) is 1. The van der Waals surface area contributed by atoms with Crippen LogP contribution < -0.4 is 10.1 Å². The average Bonchev–Trinajstić information content (AvgIpc) is 3.04. The van der Waals surface area contributed by atoms with Crippen molar-refractivity contribution in [2.45, 2.75) is 31.5 Å². The molecule has 7 heteroatoms. The molecule has 3 rings (SSSR count). The van der Waals surface area contributed by atoms with Crippen LogP contribution in [0.2, 0.25) is 0 Å². The van der Waals surface area contributed by atoms with Crippen LogP contribution in [-0.2, 0) is 6.18 Å². The van der Waals surface area contributed by atoms with Gasteiger partial charge in [0.05, 0.1) is 0 Å². The number of hydrogen-bond donors (Lipinski definition) is 2. The molecule has 1 aliphatic rings. The van der Waals surface area contributed by atoms with Crippen molar-refractivity contribution < 1.29 is 17.9 Å². The van der Waals surface area contributed by atoms with E-state index in [4.69, 9.17) is 4.74 Å². The van der Waals surface area contributed by atoms with Gasteiger partial charge in [-0.3, -0.25) is 5.10 Å². The molecular weight excluding hydrogens is 319 g/mol. The van der Waals surface area contributed by atoms with Crippen LogP contribution in [0.15, 0.2) is 36.4 Å². The fraction of sp³-hybridized carbons (Fsp3) is 0.471. The molecule has 1 aromatic heterocycles. The first kappa shape index (κ1) is 16.8. The van der Waals surface area contributed by atoms with E-state index in [-0.39, 0.29) is 17.9 Å². The summed E-state index contributed by atoms with van der Waals surface area (Å²) in [7, 11) is 0. The molecule has 0 amide bonds. The Kier molecular flexibility index (Phi) is 4.80. The number of halogens is 3. The molecule has 0 radical (unpaired) electrons. The molecule has 0 bridgehead atoms. The Hall–Kier alpha value is -2.02. The number of H-pyrrole nitrogens is 1. The summed E-state index contributed by atoms with van der Waals surface area (Å²) in [6, 6.07) is 11.1. The van der Waals surface area contributed by atoms with E-state index in [9.17, 15) is 13.2 Å². The molecule has 1 saturated heterocycles. The van der Waals surface area contributed by atoms with Gasteiger partial charge in [-0.05, 0) is 31.4 Å². The van der Waals surface area contributed by atoms with Gasteiger partial charge in [0.15, 0.2) is 0 Å². The first-order chi connectivity index (χ1) is 11.4. The van der Waals surface area contributed by atoms with Crippen molar-refractivity contribution in [3.63, 3.8) is 0 Å². The van der Waals surface area contributed by atoms with E-state index in [0.29, 0.717) is 5.92 Å². The summed E-state index contributed by atoms with van der Waals surface area (Å²) in [5.41, 5.74) is 0.337. The zero-order valence-corrected chi connectivity index (χ0v) is 13.3. The van der Waals surface area contributed by atoms with Gasteiger partial charge < -0.3 is 10.1 Å². The lowest BCUT2D eigenvalue weighted by molar-refractivity contribution is -0.141. The van der Waals surface area contributed by atoms with Crippen molar-refractivity contribution in [3.05, 3.63) is 47.7 Å². The Bertz CT molecular complexity index is 657. The summed E-state index contributed by atoms with van der Waals surface area (Å²) in [6.45, 7) is 3.57. The summed E-state index contributed by atoms with van der Waals surface area (Å²) < 4.78 is 43.6. The lowest BCUT2D eigenvalue weighted by Crippen LogP contribution is -2.42. The van der Waals surface area contributed by atoms with Crippen molar-refractivity contribution in [1.29, 1.82) is 0 Å². The van der Waals surface area contributed by atoms with Gasteiger partial charge in [-0.1, -0.05) is 30.3 Å². The molecule has 4 nitrogen and oxygen atoms in total. The third kappa shape index (κ3) is 3.72. The molecule has 1 unspecified atom stereocenters. The van der Waals surface area contributed by atoms with Crippen LogP contribution in [-0.4, -0.2) is 29.4 Å². The highest BCUT2D eigenvalue weighted by Gasteiger charge is 2.35. The predicted octanol–water partition coefficient (Wildman–Crippen LogP) is 3.59. The van der Waals surface area contributed by atoms with Crippen LogP contribution in [0.25, 0.3) is 0 Å². The SMILES string of the molecule is CC(Oc1cc(C(F)(F)F)[nH]n1)[C@H]1CNCC[C@@H]1c1ccccc1. The second kappa shape index (κ2) is 6.84. The molecule has 24 heavy (non-hydrogen) atoms. The van der Waals surface area contributed by atoms with Crippen molar-refractivity contribution in [3.8, 4) is 5.88 Å². The van der Waals surface area contributed by atoms with Gasteiger partial charge in [-0.2, -0.15) is 13.2 Å². The van der Waals surface area contributed by atoms with Crippen LogP contribution in [0.1, 0.15) is 30.5 Å². The number of alkyl halides is 3. The van der Waals surface area contributed by atoms with E-state index < -0.39 is 11.9 Å². The Balaban J connectivity index is 1.72. The maximum absolute atomic E-state index is 12.6. The molecule has 130 valence electrons. The lowest BCUT2D eigenvalue weighted by Gasteiger charge is -2.36. The molecule has 2 N–H and O–H groups in total. The van der Waals surface area contributed by atoms with E-state index >= 15 is 0 Å². The Morgan fingerprint density at radius 3 is 2.67 bits per heavy atom. The number of piperidine rings is 1. The highest BCUT2D eigenvalue weighted by atomic mass is 19.4. The number of hydrogen-bond acceptors (Lipinski definition) is 3. The quantitative estimate of drug-likeness (QED) is 0.895. The minimum Gasteiger partial charge on any atom is -0.473 e. The minimum absolute atomic E-state index is 0.0211. The maximum atomic E-state index is 12.6. The van der Waals surface area contributed by atoms with Crippen LogP contribution in [0.3, 0.4) is 0 Å². The summed E-state index contributed by atoms with van der Waals surface area (Å²) in [5, 5.41) is 8.95. The second-order valence-corrected chi connectivity index (χ2v) is 6.11.